The van der Waals surface area contributed by atoms with Gasteiger partial charge in [-0.2, -0.15) is 0 Å². The summed E-state index contributed by atoms with van der Waals surface area (Å²) in [4.78, 5) is 26.2. The molecule has 24 heavy (non-hydrogen) atoms. The Hall–Kier alpha value is -1.88. The van der Waals surface area contributed by atoms with Gasteiger partial charge in [0.1, 0.15) is 0 Å². The molecule has 0 saturated carbocycles. The Morgan fingerprint density at radius 2 is 1.67 bits per heavy atom. The maximum absolute atomic E-state index is 12.5. The average molecular weight is 334 g/mol. The van der Waals surface area contributed by atoms with E-state index in [1.807, 2.05) is 44.2 Å². The molecule has 0 aliphatic heterocycles. The number of aliphatic hydroxyl groups is 1. The number of rotatable bonds is 6. The van der Waals surface area contributed by atoms with Crippen molar-refractivity contribution in [3.05, 3.63) is 35.9 Å². The normalized spacial score (nSPS) is 11.9. The van der Waals surface area contributed by atoms with Crippen LogP contribution in [0.5, 0.6) is 0 Å². The van der Waals surface area contributed by atoms with Gasteiger partial charge in [-0.05, 0) is 31.2 Å². The zero-order valence-electron chi connectivity index (χ0n) is 15.4. The highest BCUT2D eigenvalue weighted by molar-refractivity contribution is 6.35. The molecular formula is C19H30N2O3. The molecule has 0 heterocycles. The van der Waals surface area contributed by atoms with E-state index in [2.05, 4.69) is 26.1 Å². The molecule has 0 aliphatic rings. The molecule has 0 fully saturated rings. The Labute approximate surface area is 145 Å². The third kappa shape index (κ3) is 7.13. The topological polar surface area (TPSA) is 69.6 Å². The maximum Gasteiger partial charge on any atom is 0.312 e. The van der Waals surface area contributed by atoms with Crippen molar-refractivity contribution in [2.75, 3.05) is 13.2 Å². The highest BCUT2D eigenvalue weighted by Crippen LogP contribution is 2.26. The zero-order chi connectivity index (χ0) is 18.4. The van der Waals surface area contributed by atoms with E-state index in [0.29, 0.717) is 6.54 Å². The van der Waals surface area contributed by atoms with Crippen LogP contribution < -0.4 is 5.32 Å². The first-order valence-corrected chi connectivity index (χ1v) is 8.30. The second kappa shape index (κ2) is 8.29. The summed E-state index contributed by atoms with van der Waals surface area (Å²) in [6, 6.07) is 9.43. The van der Waals surface area contributed by atoms with Gasteiger partial charge in [0.05, 0.1) is 6.61 Å². The number of carbonyl (C=O) groups excluding carboxylic acids is 2. The van der Waals surface area contributed by atoms with Gasteiger partial charge in [0, 0.05) is 18.6 Å². The van der Waals surface area contributed by atoms with Crippen LogP contribution in [0.25, 0.3) is 0 Å². The van der Waals surface area contributed by atoms with Gasteiger partial charge in [0.15, 0.2) is 0 Å². The summed E-state index contributed by atoms with van der Waals surface area (Å²) in [5.74, 6) is -1.25. The Bertz CT molecular complexity index is 547. The lowest BCUT2D eigenvalue weighted by atomic mass is 9.82. The van der Waals surface area contributed by atoms with Crippen molar-refractivity contribution in [2.24, 2.45) is 5.41 Å². The first-order chi connectivity index (χ1) is 11.0. The van der Waals surface area contributed by atoms with Crippen LogP contribution in [0.15, 0.2) is 30.3 Å². The van der Waals surface area contributed by atoms with Gasteiger partial charge in [-0.25, -0.2) is 0 Å². The standard InChI is InChI=1S/C19H30N2O3/c1-18(2,3)14-19(4,5)20-16(23)17(24)21(11-12-22)13-15-9-7-6-8-10-15/h6-10,22H,11-14H2,1-5H3,(H,20,23). The van der Waals surface area contributed by atoms with Crippen molar-refractivity contribution in [2.45, 2.75) is 53.1 Å². The van der Waals surface area contributed by atoms with E-state index >= 15 is 0 Å². The summed E-state index contributed by atoms with van der Waals surface area (Å²) in [7, 11) is 0. The van der Waals surface area contributed by atoms with E-state index in [-0.39, 0.29) is 18.6 Å². The summed E-state index contributed by atoms with van der Waals surface area (Å²) in [5.41, 5.74) is 0.470. The lowest BCUT2D eigenvalue weighted by Gasteiger charge is -2.33. The molecule has 2 N–H and O–H groups in total. The quantitative estimate of drug-likeness (QED) is 0.785. The summed E-state index contributed by atoms with van der Waals surface area (Å²) in [6.45, 7) is 10.3. The zero-order valence-corrected chi connectivity index (χ0v) is 15.4. The van der Waals surface area contributed by atoms with Gasteiger partial charge in [0.2, 0.25) is 0 Å². The lowest BCUT2D eigenvalue weighted by Crippen LogP contribution is -2.52. The second-order valence-electron chi connectivity index (χ2n) is 8.01. The molecule has 0 spiro atoms. The van der Waals surface area contributed by atoms with Crippen molar-refractivity contribution >= 4 is 11.8 Å². The lowest BCUT2D eigenvalue weighted by molar-refractivity contribution is -0.147. The molecule has 2 amide bonds. The molecule has 5 nitrogen and oxygen atoms in total. The third-order valence-electron chi connectivity index (χ3n) is 3.49. The van der Waals surface area contributed by atoms with Crippen LogP contribution in [0.2, 0.25) is 0 Å². The predicted octanol–water partition coefficient (Wildman–Crippen LogP) is 2.34. The molecule has 0 radical (unpaired) electrons. The number of nitrogens with zero attached hydrogens (tertiary/aromatic N) is 1. The van der Waals surface area contributed by atoms with Crippen LogP contribution in [-0.2, 0) is 16.1 Å². The fraction of sp³-hybridized carbons (Fsp3) is 0.579. The molecule has 1 rings (SSSR count). The van der Waals surface area contributed by atoms with Crippen molar-refractivity contribution in [3.63, 3.8) is 0 Å². The fourth-order valence-electron chi connectivity index (χ4n) is 3.05. The Balaban J connectivity index is 2.77. The van der Waals surface area contributed by atoms with Crippen molar-refractivity contribution < 1.29 is 14.7 Å². The number of hydrogen-bond acceptors (Lipinski definition) is 3. The number of nitrogens with one attached hydrogen (secondary N) is 1. The highest BCUT2D eigenvalue weighted by atomic mass is 16.3. The van der Waals surface area contributed by atoms with E-state index in [0.717, 1.165) is 12.0 Å². The molecule has 0 aliphatic carbocycles. The average Bonchev–Trinajstić information content (AvgIpc) is 2.44. The number of aliphatic hydroxyl groups excluding tert-OH is 1. The number of carbonyl (C=O) groups is 2. The Kier molecular flexibility index (Phi) is 6.96. The molecule has 0 bridgehead atoms. The van der Waals surface area contributed by atoms with Crippen molar-refractivity contribution in [3.8, 4) is 0 Å². The van der Waals surface area contributed by atoms with Crippen LogP contribution >= 0.6 is 0 Å². The van der Waals surface area contributed by atoms with Gasteiger partial charge in [-0.15, -0.1) is 0 Å². The second-order valence-corrected chi connectivity index (χ2v) is 8.01. The highest BCUT2D eigenvalue weighted by Gasteiger charge is 2.31. The van der Waals surface area contributed by atoms with Gasteiger partial charge >= 0.3 is 11.8 Å². The number of amides is 2. The van der Waals surface area contributed by atoms with Crippen LogP contribution in [0.3, 0.4) is 0 Å². The summed E-state index contributed by atoms with van der Waals surface area (Å²) < 4.78 is 0. The molecule has 0 saturated heterocycles. The maximum atomic E-state index is 12.5. The third-order valence-corrected chi connectivity index (χ3v) is 3.49. The van der Waals surface area contributed by atoms with Gasteiger partial charge in [-0.3, -0.25) is 9.59 Å². The molecular weight excluding hydrogens is 304 g/mol. The van der Waals surface area contributed by atoms with E-state index < -0.39 is 17.4 Å². The number of benzene rings is 1. The molecule has 0 aromatic heterocycles. The van der Waals surface area contributed by atoms with Gasteiger partial charge < -0.3 is 15.3 Å². The minimum Gasteiger partial charge on any atom is -0.395 e. The first-order valence-electron chi connectivity index (χ1n) is 8.30. The van der Waals surface area contributed by atoms with Crippen molar-refractivity contribution in [1.82, 2.24) is 10.2 Å². The minimum atomic E-state index is -0.631. The molecule has 0 unspecified atom stereocenters. The van der Waals surface area contributed by atoms with Gasteiger partial charge in [0.25, 0.3) is 0 Å². The smallest absolute Gasteiger partial charge is 0.312 e. The van der Waals surface area contributed by atoms with Crippen LogP contribution in [-0.4, -0.2) is 40.5 Å². The molecule has 5 heteroatoms. The summed E-state index contributed by atoms with van der Waals surface area (Å²) in [6.07, 6.45) is 0.748. The summed E-state index contributed by atoms with van der Waals surface area (Å²) in [5, 5.41) is 12.0. The van der Waals surface area contributed by atoms with E-state index in [1.165, 1.54) is 4.90 Å². The molecule has 1 aromatic carbocycles. The van der Waals surface area contributed by atoms with Crippen LogP contribution in [0, 0.1) is 5.41 Å². The molecule has 134 valence electrons. The summed E-state index contributed by atoms with van der Waals surface area (Å²) >= 11 is 0. The largest absolute Gasteiger partial charge is 0.395 e. The monoisotopic (exact) mass is 334 g/mol. The van der Waals surface area contributed by atoms with E-state index in [4.69, 9.17) is 0 Å². The van der Waals surface area contributed by atoms with Crippen LogP contribution in [0.1, 0.15) is 46.6 Å². The number of hydrogen-bond donors (Lipinski definition) is 2. The molecule has 1 aromatic rings. The predicted molar refractivity (Wildman–Crippen MR) is 95.2 cm³/mol. The SMILES string of the molecule is CC(C)(C)CC(C)(C)NC(=O)C(=O)N(CCO)Cc1ccccc1. The van der Waals surface area contributed by atoms with E-state index in [1.54, 1.807) is 0 Å². The Morgan fingerprint density at radius 1 is 1.08 bits per heavy atom. The van der Waals surface area contributed by atoms with Gasteiger partial charge in [-0.1, -0.05) is 51.1 Å². The van der Waals surface area contributed by atoms with Crippen molar-refractivity contribution in [1.29, 1.82) is 0 Å². The molecule has 0 atom stereocenters. The Morgan fingerprint density at radius 3 is 2.17 bits per heavy atom. The first kappa shape index (κ1) is 20.2. The minimum absolute atomic E-state index is 0.0364. The van der Waals surface area contributed by atoms with E-state index in [9.17, 15) is 14.7 Å². The fourth-order valence-corrected chi connectivity index (χ4v) is 3.05. The van der Waals surface area contributed by atoms with Crippen LogP contribution in [0.4, 0.5) is 0 Å².